The van der Waals surface area contributed by atoms with Crippen LogP contribution in [0, 0.1) is 0 Å². The molecule has 3 atom stereocenters. The van der Waals surface area contributed by atoms with Gasteiger partial charge in [-0.25, -0.2) is 0 Å². The van der Waals surface area contributed by atoms with E-state index >= 15 is 0 Å². The molecule has 0 radical (unpaired) electrons. The predicted octanol–water partition coefficient (Wildman–Crippen LogP) is 14.6. The molecule has 0 aromatic heterocycles. The van der Waals surface area contributed by atoms with E-state index in [0.29, 0.717) is 19.3 Å². The maximum atomic E-state index is 13.2. The quantitative estimate of drug-likeness (QED) is 0.0323. The number of allylic oxidation sites excluding steroid dienone is 12. The van der Waals surface area contributed by atoms with Crippen molar-refractivity contribution < 1.29 is 24.5 Å². The topological polar surface area (TPSA) is 95.9 Å². The Morgan fingerprint density at radius 3 is 1.46 bits per heavy atom. The fraction of sp³-hybridized carbons (Fsp3) is 0.736. The number of unbranched alkanes of at least 4 members (excludes halogenated alkanes) is 23. The van der Waals surface area contributed by atoms with E-state index in [0.717, 1.165) is 77.0 Å². The first-order valence-corrected chi connectivity index (χ1v) is 24.7. The van der Waals surface area contributed by atoms with Gasteiger partial charge in [-0.05, 0) is 70.6 Å². The molecule has 3 N–H and O–H groups in total. The maximum Gasteiger partial charge on any atom is 0.306 e. The Morgan fingerprint density at radius 2 is 0.915 bits per heavy atom. The van der Waals surface area contributed by atoms with Crippen LogP contribution in [-0.2, 0) is 14.3 Å². The molecular weight excluding hydrogens is 731 g/mol. The van der Waals surface area contributed by atoms with Crippen LogP contribution in [0.1, 0.15) is 226 Å². The molecule has 0 heterocycles. The van der Waals surface area contributed by atoms with E-state index in [4.69, 9.17) is 4.74 Å². The van der Waals surface area contributed by atoms with Crippen LogP contribution in [0.5, 0.6) is 0 Å². The lowest BCUT2D eigenvalue weighted by Gasteiger charge is -2.24. The molecule has 6 heteroatoms. The van der Waals surface area contributed by atoms with Gasteiger partial charge in [0.1, 0.15) is 6.10 Å². The van der Waals surface area contributed by atoms with Gasteiger partial charge in [-0.3, -0.25) is 9.59 Å². The van der Waals surface area contributed by atoms with Crippen LogP contribution >= 0.6 is 0 Å². The van der Waals surface area contributed by atoms with Gasteiger partial charge in [0, 0.05) is 6.42 Å². The third-order valence-electron chi connectivity index (χ3n) is 10.9. The second kappa shape index (κ2) is 46.4. The van der Waals surface area contributed by atoms with E-state index in [9.17, 15) is 19.8 Å². The second-order valence-electron chi connectivity index (χ2n) is 16.6. The fourth-order valence-electron chi connectivity index (χ4n) is 7.14. The SMILES string of the molecule is CC/C=C/C=C/C=C/C=C\CCCCCC(CC(=O)NC(CO)C(O)CCCCCCCCCCCCCC)OC(=O)CCCCCCCC/C=C/C=C/CCCCC. The molecule has 1 amide bonds. The lowest BCUT2D eigenvalue weighted by molar-refractivity contribution is -0.151. The number of carbonyl (C=O) groups excluding carboxylic acids is 2. The molecule has 3 unspecified atom stereocenters. The van der Waals surface area contributed by atoms with E-state index < -0.39 is 18.2 Å². The number of amides is 1. The monoisotopic (exact) mass is 824 g/mol. The summed E-state index contributed by atoms with van der Waals surface area (Å²) in [6.07, 6.45) is 58.1. The van der Waals surface area contributed by atoms with Crippen LogP contribution in [0.2, 0.25) is 0 Å². The van der Waals surface area contributed by atoms with Crippen LogP contribution in [0.4, 0.5) is 0 Å². The molecule has 59 heavy (non-hydrogen) atoms. The summed E-state index contributed by atoms with van der Waals surface area (Å²) >= 11 is 0. The zero-order valence-electron chi connectivity index (χ0n) is 38.6. The molecule has 0 aromatic carbocycles. The van der Waals surface area contributed by atoms with Gasteiger partial charge in [-0.1, -0.05) is 216 Å². The Bertz CT molecular complexity index is 1110. The Hall–Kier alpha value is -2.70. The largest absolute Gasteiger partial charge is 0.462 e. The van der Waals surface area contributed by atoms with E-state index in [1.165, 1.54) is 103 Å². The molecule has 0 saturated carbocycles. The van der Waals surface area contributed by atoms with Crippen LogP contribution in [-0.4, -0.2) is 46.9 Å². The van der Waals surface area contributed by atoms with Crippen LogP contribution in [0.25, 0.3) is 0 Å². The van der Waals surface area contributed by atoms with Crippen molar-refractivity contribution in [3.8, 4) is 0 Å². The van der Waals surface area contributed by atoms with Gasteiger partial charge in [0.2, 0.25) is 5.91 Å². The van der Waals surface area contributed by atoms with Gasteiger partial charge in [0.05, 0.1) is 25.2 Å². The number of hydrogen-bond donors (Lipinski definition) is 3. The van der Waals surface area contributed by atoms with Crippen molar-refractivity contribution in [2.24, 2.45) is 0 Å². The molecule has 0 spiro atoms. The van der Waals surface area contributed by atoms with Crippen molar-refractivity contribution >= 4 is 11.9 Å². The minimum absolute atomic E-state index is 0.0440. The zero-order chi connectivity index (χ0) is 43.1. The second-order valence-corrected chi connectivity index (χ2v) is 16.6. The molecular formula is C53H93NO5. The molecule has 0 saturated heterocycles. The number of carbonyl (C=O) groups is 2. The van der Waals surface area contributed by atoms with Crippen molar-refractivity contribution in [1.29, 1.82) is 0 Å². The molecule has 0 bridgehead atoms. The number of rotatable bonds is 43. The number of hydrogen-bond acceptors (Lipinski definition) is 5. The average Bonchev–Trinajstić information content (AvgIpc) is 3.23. The van der Waals surface area contributed by atoms with Crippen molar-refractivity contribution in [3.05, 3.63) is 72.9 Å². The van der Waals surface area contributed by atoms with Gasteiger partial charge >= 0.3 is 5.97 Å². The molecule has 0 fully saturated rings. The highest BCUT2D eigenvalue weighted by molar-refractivity contribution is 5.77. The molecule has 0 rings (SSSR count). The number of esters is 1. The Morgan fingerprint density at radius 1 is 0.508 bits per heavy atom. The smallest absolute Gasteiger partial charge is 0.306 e. The van der Waals surface area contributed by atoms with Gasteiger partial charge in [0.15, 0.2) is 0 Å². The summed E-state index contributed by atoms with van der Waals surface area (Å²) in [6, 6.07) is -0.719. The maximum absolute atomic E-state index is 13.2. The third kappa shape index (κ3) is 41.8. The first-order chi connectivity index (χ1) is 29.0. The third-order valence-corrected chi connectivity index (χ3v) is 10.9. The van der Waals surface area contributed by atoms with E-state index in [1.54, 1.807) is 0 Å². The van der Waals surface area contributed by atoms with Crippen molar-refractivity contribution in [2.45, 2.75) is 244 Å². The van der Waals surface area contributed by atoms with Crippen molar-refractivity contribution in [3.63, 3.8) is 0 Å². The minimum Gasteiger partial charge on any atom is -0.462 e. The number of aliphatic hydroxyl groups excluding tert-OH is 2. The van der Waals surface area contributed by atoms with E-state index in [-0.39, 0.29) is 24.9 Å². The van der Waals surface area contributed by atoms with Gasteiger partial charge in [-0.2, -0.15) is 0 Å². The van der Waals surface area contributed by atoms with Crippen molar-refractivity contribution in [1.82, 2.24) is 5.32 Å². The summed E-state index contributed by atoms with van der Waals surface area (Å²) in [6.45, 7) is 6.29. The van der Waals surface area contributed by atoms with Crippen LogP contribution < -0.4 is 5.32 Å². The summed E-state index contributed by atoms with van der Waals surface area (Å²) in [7, 11) is 0. The highest BCUT2D eigenvalue weighted by atomic mass is 16.5. The van der Waals surface area contributed by atoms with Gasteiger partial charge in [0.25, 0.3) is 0 Å². The standard InChI is InChI=1S/C53H93NO5/c1-4-7-10-13-16-19-22-25-26-28-31-34-37-40-43-46-53(58)59-49(44-41-38-35-32-29-27-23-20-17-14-11-8-5-2)47-52(57)54-50(48-55)51(56)45-42-39-36-33-30-24-21-18-15-12-9-6-3/h8,11,14,16-17,19-20,22-23,25,27,29,49-51,55-56H,4-7,9-10,12-13,15,18,21,24,26,28,30-48H2,1-3H3,(H,54,57)/b11-8+,17-14+,19-16+,23-20+,25-22+,29-27-. The summed E-state index contributed by atoms with van der Waals surface area (Å²) in [5, 5.41) is 23.7. The Labute approximate surface area is 364 Å². The zero-order valence-corrected chi connectivity index (χ0v) is 38.6. The van der Waals surface area contributed by atoms with E-state index in [1.807, 2.05) is 24.3 Å². The first-order valence-electron chi connectivity index (χ1n) is 24.7. The normalized spacial score (nSPS) is 13.9. The van der Waals surface area contributed by atoms with Crippen molar-refractivity contribution in [2.75, 3.05) is 6.61 Å². The first kappa shape index (κ1) is 56.3. The number of nitrogens with one attached hydrogen (secondary N) is 1. The summed E-state index contributed by atoms with van der Waals surface area (Å²) < 4.78 is 5.90. The lowest BCUT2D eigenvalue weighted by atomic mass is 10.0. The lowest BCUT2D eigenvalue weighted by Crippen LogP contribution is -2.46. The molecule has 6 nitrogen and oxygen atoms in total. The van der Waals surface area contributed by atoms with E-state index in [2.05, 4.69) is 74.7 Å². The number of ether oxygens (including phenoxy) is 1. The molecule has 0 aromatic rings. The summed E-state index contributed by atoms with van der Waals surface area (Å²) in [5.41, 5.74) is 0. The average molecular weight is 824 g/mol. The minimum atomic E-state index is -0.802. The molecule has 340 valence electrons. The van der Waals surface area contributed by atoms with Gasteiger partial charge in [-0.15, -0.1) is 0 Å². The summed E-state index contributed by atoms with van der Waals surface area (Å²) in [4.78, 5) is 26.1. The molecule has 0 aliphatic heterocycles. The van der Waals surface area contributed by atoms with Gasteiger partial charge < -0.3 is 20.3 Å². The van der Waals surface area contributed by atoms with Crippen LogP contribution in [0.3, 0.4) is 0 Å². The Balaban J connectivity index is 4.67. The summed E-state index contributed by atoms with van der Waals surface area (Å²) in [5.74, 6) is -0.530. The van der Waals surface area contributed by atoms with Crippen LogP contribution in [0.15, 0.2) is 72.9 Å². The highest BCUT2D eigenvalue weighted by Gasteiger charge is 2.24. The highest BCUT2D eigenvalue weighted by Crippen LogP contribution is 2.17. The number of aliphatic hydroxyl groups is 2. The molecule has 0 aliphatic rings. The molecule has 0 aliphatic carbocycles. The predicted molar refractivity (Wildman–Crippen MR) is 255 cm³/mol. The fourth-order valence-corrected chi connectivity index (χ4v) is 7.14. The Kier molecular flexibility index (Phi) is 44.2.